The molecule has 2 aromatic rings. The Bertz CT molecular complexity index is 1100. The Labute approximate surface area is 179 Å². The second-order valence-corrected chi connectivity index (χ2v) is 6.79. The Balaban J connectivity index is 1.84. The predicted octanol–water partition coefficient (Wildman–Crippen LogP) is 3.02. The molecule has 0 bridgehead atoms. The van der Waals surface area contributed by atoms with E-state index in [9.17, 15) is 32.3 Å². The lowest BCUT2D eigenvalue weighted by atomic mass is 10.1. The molecule has 3 rings (SSSR count). The van der Waals surface area contributed by atoms with E-state index in [0.29, 0.717) is 0 Å². The van der Waals surface area contributed by atoms with Gasteiger partial charge in [-0.15, -0.1) is 0 Å². The summed E-state index contributed by atoms with van der Waals surface area (Å²) < 4.78 is 48.7. The van der Waals surface area contributed by atoms with Crippen LogP contribution in [0.2, 0.25) is 0 Å². The molecule has 2 aromatic carbocycles. The van der Waals surface area contributed by atoms with Crippen LogP contribution in [0.5, 0.6) is 0 Å². The van der Waals surface area contributed by atoms with Crippen molar-refractivity contribution in [3.05, 3.63) is 59.2 Å². The fourth-order valence-electron chi connectivity index (χ4n) is 3.11. The van der Waals surface area contributed by atoms with Gasteiger partial charge in [0.05, 0.1) is 35.2 Å². The minimum Gasteiger partial charge on any atom is -0.465 e. The van der Waals surface area contributed by atoms with Gasteiger partial charge in [0.2, 0.25) is 5.91 Å². The fourth-order valence-corrected chi connectivity index (χ4v) is 3.11. The maximum Gasteiger partial charge on any atom is 0.416 e. The molecule has 8 nitrogen and oxygen atoms in total. The highest BCUT2D eigenvalue weighted by Crippen LogP contribution is 2.37. The van der Waals surface area contributed by atoms with Crippen LogP contribution < -0.4 is 10.2 Å². The number of hydrogen-bond donors (Lipinski definition) is 1. The first kappa shape index (κ1) is 22.8. The van der Waals surface area contributed by atoms with E-state index >= 15 is 0 Å². The molecule has 0 fully saturated rings. The first-order chi connectivity index (χ1) is 15.0. The summed E-state index contributed by atoms with van der Waals surface area (Å²) in [6.07, 6.45) is -6.05. The molecule has 1 aliphatic rings. The van der Waals surface area contributed by atoms with Gasteiger partial charge in [-0.25, -0.2) is 9.59 Å². The summed E-state index contributed by atoms with van der Waals surface area (Å²) in [7, 11) is 1.14. The molecule has 0 spiro atoms. The zero-order valence-electron chi connectivity index (χ0n) is 16.9. The number of nitrogens with one attached hydrogen (secondary N) is 1. The standard InChI is InChI=1S/C21H17F3N2O6/c1-11(32-20(30)14-6-4-3-5-13(14)19(29)31-2)18(28)26-10-17(27)25-15-9-12(21(22,23)24)7-8-16(15)26/h3-9,11H,10H2,1-2H3,(H,25,27). The van der Waals surface area contributed by atoms with Crippen molar-refractivity contribution >= 4 is 35.1 Å². The van der Waals surface area contributed by atoms with Crippen LogP contribution in [-0.4, -0.2) is 43.5 Å². The van der Waals surface area contributed by atoms with Crippen molar-refractivity contribution < 1.29 is 41.8 Å². The molecule has 1 atom stereocenters. The topological polar surface area (TPSA) is 102 Å². The van der Waals surface area contributed by atoms with E-state index in [4.69, 9.17) is 4.74 Å². The third-order valence-electron chi connectivity index (χ3n) is 4.64. The van der Waals surface area contributed by atoms with E-state index in [2.05, 4.69) is 10.1 Å². The van der Waals surface area contributed by atoms with E-state index in [1.54, 1.807) is 0 Å². The molecule has 1 aliphatic heterocycles. The SMILES string of the molecule is COC(=O)c1ccccc1C(=O)OC(C)C(=O)N1CC(=O)Nc2cc(C(F)(F)F)ccc21. The van der Waals surface area contributed by atoms with Gasteiger partial charge in [0.15, 0.2) is 6.10 Å². The smallest absolute Gasteiger partial charge is 0.416 e. The highest BCUT2D eigenvalue weighted by molar-refractivity contribution is 6.11. The van der Waals surface area contributed by atoms with Crippen LogP contribution in [0.1, 0.15) is 33.2 Å². The van der Waals surface area contributed by atoms with Gasteiger partial charge in [0.1, 0.15) is 6.54 Å². The predicted molar refractivity (Wildman–Crippen MR) is 105 cm³/mol. The molecule has 32 heavy (non-hydrogen) atoms. The average molecular weight is 450 g/mol. The zero-order chi connectivity index (χ0) is 23.6. The van der Waals surface area contributed by atoms with Gasteiger partial charge in [-0.2, -0.15) is 13.2 Å². The lowest BCUT2D eigenvalue weighted by Gasteiger charge is -2.31. The van der Waals surface area contributed by atoms with Crippen LogP contribution in [0.25, 0.3) is 0 Å². The molecule has 0 saturated heterocycles. The Kier molecular flexibility index (Phi) is 6.19. The minimum absolute atomic E-state index is 0.0282. The van der Waals surface area contributed by atoms with Gasteiger partial charge in [0.25, 0.3) is 5.91 Å². The summed E-state index contributed by atoms with van der Waals surface area (Å²) in [5, 5.41) is 2.30. The van der Waals surface area contributed by atoms with Crippen LogP contribution in [0.3, 0.4) is 0 Å². The van der Waals surface area contributed by atoms with Gasteiger partial charge in [-0.1, -0.05) is 12.1 Å². The van der Waals surface area contributed by atoms with Gasteiger partial charge in [-0.05, 0) is 37.3 Å². The van der Waals surface area contributed by atoms with Crippen molar-refractivity contribution in [1.82, 2.24) is 0 Å². The molecule has 0 aliphatic carbocycles. The molecule has 1 N–H and O–H groups in total. The highest BCUT2D eigenvalue weighted by atomic mass is 19.4. The fraction of sp³-hybridized carbons (Fsp3) is 0.238. The molecule has 2 amide bonds. The summed E-state index contributed by atoms with van der Waals surface area (Å²) in [4.78, 5) is 50.2. The summed E-state index contributed by atoms with van der Waals surface area (Å²) in [6.45, 7) is 0.773. The number of rotatable bonds is 4. The van der Waals surface area contributed by atoms with Gasteiger partial charge in [0, 0.05) is 0 Å². The highest BCUT2D eigenvalue weighted by Gasteiger charge is 2.36. The maximum atomic E-state index is 13.0. The molecule has 1 unspecified atom stereocenters. The lowest BCUT2D eigenvalue weighted by molar-refractivity contribution is -0.137. The molecule has 1 heterocycles. The van der Waals surface area contributed by atoms with Crippen molar-refractivity contribution in [3.63, 3.8) is 0 Å². The molecule has 11 heteroatoms. The lowest BCUT2D eigenvalue weighted by Crippen LogP contribution is -2.47. The maximum absolute atomic E-state index is 13.0. The number of alkyl halides is 3. The Morgan fingerprint density at radius 1 is 1.06 bits per heavy atom. The van der Waals surface area contributed by atoms with Gasteiger partial charge in [-0.3, -0.25) is 14.5 Å². The number of fused-ring (bicyclic) bond motifs is 1. The zero-order valence-corrected chi connectivity index (χ0v) is 16.9. The average Bonchev–Trinajstić information content (AvgIpc) is 2.76. The van der Waals surface area contributed by atoms with E-state index in [1.165, 1.54) is 31.2 Å². The number of methoxy groups -OCH3 is 1. The number of amides is 2. The molecule has 168 valence electrons. The van der Waals surface area contributed by atoms with Crippen molar-refractivity contribution in [2.75, 3.05) is 23.9 Å². The second kappa shape index (κ2) is 8.69. The number of nitrogens with zero attached hydrogens (tertiary/aromatic N) is 1. The van der Waals surface area contributed by atoms with E-state index in [1.807, 2.05) is 0 Å². The van der Waals surface area contributed by atoms with Crippen LogP contribution >= 0.6 is 0 Å². The number of halogens is 3. The third kappa shape index (κ3) is 4.56. The normalized spacial score (nSPS) is 14.2. The monoisotopic (exact) mass is 450 g/mol. The number of carbonyl (C=O) groups excluding carboxylic acids is 4. The van der Waals surface area contributed by atoms with Gasteiger partial charge >= 0.3 is 18.1 Å². The van der Waals surface area contributed by atoms with Crippen molar-refractivity contribution in [1.29, 1.82) is 0 Å². The molecule has 0 radical (unpaired) electrons. The first-order valence-electron chi connectivity index (χ1n) is 9.23. The second-order valence-electron chi connectivity index (χ2n) is 6.79. The number of esters is 2. The number of hydrogen-bond acceptors (Lipinski definition) is 6. The molecule has 0 aromatic heterocycles. The first-order valence-corrected chi connectivity index (χ1v) is 9.23. The third-order valence-corrected chi connectivity index (χ3v) is 4.64. The molecular formula is C21H17F3N2O6. The molecule has 0 saturated carbocycles. The summed E-state index contributed by atoms with van der Waals surface area (Å²) in [6, 6.07) is 8.20. The van der Waals surface area contributed by atoms with Crippen LogP contribution in [0.15, 0.2) is 42.5 Å². The Hall–Kier alpha value is -3.89. The largest absolute Gasteiger partial charge is 0.465 e. The molecular weight excluding hydrogens is 433 g/mol. The van der Waals surface area contributed by atoms with Crippen LogP contribution in [-0.2, 0) is 25.2 Å². The summed E-state index contributed by atoms with van der Waals surface area (Å²) >= 11 is 0. The van der Waals surface area contributed by atoms with Crippen LogP contribution in [0.4, 0.5) is 24.5 Å². The van der Waals surface area contributed by atoms with Crippen molar-refractivity contribution in [2.24, 2.45) is 0 Å². The Morgan fingerprint density at radius 3 is 2.28 bits per heavy atom. The number of anilines is 2. The Morgan fingerprint density at radius 2 is 1.69 bits per heavy atom. The van der Waals surface area contributed by atoms with E-state index in [0.717, 1.165) is 30.2 Å². The van der Waals surface area contributed by atoms with E-state index < -0.39 is 48.1 Å². The quantitative estimate of drug-likeness (QED) is 0.719. The summed E-state index contributed by atoms with van der Waals surface area (Å²) in [5.74, 6) is -3.30. The minimum atomic E-state index is -4.64. The van der Waals surface area contributed by atoms with Crippen LogP contribution in [0, 0.1) is 0 Å². The summed E-state index contributed by atoms with van der Waals surface area (Å²) in [5.41, 5.74) is -1.36. The number of benzene rings is 2. The number of carbonyl (C=O) groups is 4. The van der Waals surface area contributed by atoms with Crippen molar-refractivity contribution in [3.8, 4) is 0 Å². The van der Waals surface area contributed by atoms with Crippen molar-refractivity contribution in [2.45, 2.75) is 19.2 Å². The van der Waals surface area contributed by atoms with E-state index in [-0.39, 0.29) is 22.5 Å². The van der Waals surface area contributed by atoms with Gasteiger partial charge < -0.3 is 14.8 Å². The number of ether oxygens (including phenoxy) is 2.